The van der Waals surface area contributed by atoms with Crippen LogP contribution < -0.4 is 16.0 Å². The van der Waals surface area contributed by atoms with Crippen molar-refractivity contribution < 1.29 is 14.4 Å². The normalized spacial score (nSPS) is 11.9. The quantitative estimate of drug-likeness (QED) is 0.150. The van der Waals surface area contributed by atoms with Gasteiger partial charge in [0.25, 0.3) is 11.8 Å². The minimum Gasteiger partial charge on any atom is -0.321 e. The predicted octanol–water partition coefficient (Wildman–Crippen LogP) is 6.43. The van der Waals surface area contributed by atoms with Gasteiger partial charge in [-0.2, -0.15) is 0 Å². The predicted molar refractivity (Wildman–Crippen MR) is 157 cm³/mol. The van der Waals surface area contributed by atoms with E-state index in [1.165, 1.54) is 23.1 Å². The zero-order valence-corrected chi connectivity index (χ0v) is 23.4. The summed E-state index contributed by atoms with van der Waals surface area (Å²) >= 11 is 6.12. The smallest absolute Gasteiger partial charge is 0.272 e. The van der Waals surface area contributed by atoms with Crippen molar-refractivity contribution in [3.63, 3.8) is 0 Å². The van der Waals surface area contributed by atoms with E-state index in [1.54, 1.807) is 67.0 Å². The summed E-state index contributed by atoms with van der Waals surface area (Å²) in [5.41, 5.74) is 1.81. The van der Waals surface area contributed by atoms with Crippen LogP contribution in [0.2, 0.25) is 0 Å². The van der Waals surface area contributed by atoms with E-state index in [0.29, 0.717) is 16.4 Å². The van der Waals surface area contributed by atoms with E-state index in [1.807, 2.05) is 36.4 Å². The first kappa shape index (κ1) is 27.3. The first-order valence-electron chi connectivity index (χ1n) is 11.5. The molecule has 0 fully saturated rings. The van der Waals surface area contributed by atoms with Crippen molar-refractivity contribution in [1.29, 1.82) is 0 Å². The van der Waals surface area contributed by atoms with Gasteiger partial charge in [-0.15, -0.1) is 23.1 Å². The molecule has 3 aromatic carbocycles. The van der Waals surface area contributed by atoms with Gasteiger partial charge in [0, 0.05) is 32.2 Å². The number of hydrogen-bond acceptors (Lipinski definition) is 6. The van der Waals surface area contributed by atoms with Gasteiger partial charge in [0.05, 0.1) is 5.25 Å². The Balaban J connectivity index is 1.48. The number of amides is 3. The molecule has 1 heterocycles. The maximum absolute atomic E-state index is 13.3. The molecule has 1 unspecified atom stereocenters. The van der Waals surface area contributed by atoms with Crippen LogP contribution in [0, 0.1) is 0 Å². The molecule has 3 N–H and O–H groups in total. The van der Waals surface area contributed by atoms with Gasteiger partial charge in [-0.05, 0) is 61.0 Å². The van der Waals surface area contributed by atoms with Crippen molar-refractivity contribution in [1.82, 2.24) is 10.3 Å². The maximum Gasteiger partial charge on any atom is 0.272 e. The zero-order chi connectivity index (χ0) is 26.9. The Morgan fingerprint density at radius 1 is 0.974 bits per heavy atom. The molecule has 0 aliphatic rings. The van der Waals surface area contributed by atoms with Gasteiger partial charge in [-0.1, -0.05) is 52.3 Å². The Hall–Kier alpha value is -3.73. The van der Waals surface area contributed by atoms with Crippen molar-refractivity contribution >= 4 is 73.6 Å². The van der Waals surface area contributed by atoms with Gasteiger partial charge in [-0.25, -0.2) is 4.98 Å². The summed E-state index contributed by atoms with van der Waals surface area (Å²) in [5, 5.41) is 10.3. The van der Waals surface area contributed by atoms with E-state index in [-0.39, 0.29) is 16.9 Å². The van der Waals surface area contributed by atoms with Crippen molar-refractivity contribution in [3.8, 4) is 0 Å². The fourth-order valence-corrected chi connectivity index (χ4v) is 4.99. The van der Waals surface area contributed by atoms with Crippen LogP contribution in [-0.4, -0.2) is 28.0 Å². The maximum atomic E-state index is 13.3. The molecule has 3 amide bonds. The van der Waals surface area contributed by atoms with Crippen LogP contribution in [0.4, 0.5) is 10.8 Å². The average molecular weight is 608 g/mol. The zero-order valence-electron chi connectivity index (χ0n) is 20.2. The third kappa shape index (κ3) is 7.88. The number of hydrogen-bond donors (Lipinski definition) is 3. The molecular weight excluding hydrogens is 584 g/mol. The molecule has 10 heteroatoms. The Kier molecular flexibility index (Phi) is 9.47. The lowest BCUT2D eigenvalue weighted by Gasteiger charge is -2.13. The third-order valence-electron chi connectivity index (χ3n) is 5.15. The number of carbonyl (C=O) groups excluding carboxylic acids is 3. The molecule has 7 nitrogen and oxygen atoms in total. The summed E-state index contributed by atoms with van der Waals surface area (Å²) in [5.74, 6) is -1.04. The van der Waals surface area contributed by atoms with Gasteiger partial charge >= 0.3 is 0 Å². The number of halogens is 1. The van der Waals surface area contributed by atoms with Crippen LogP contribution in [0.1, 0.15) is 22.8 Å². The number of anilines is 2. The second-order valence-corrected chi connectivity index (χ2v) is 11.2. The molecule has 0 spiro atoms. The monoisotopic (exact) mass is 606 g/mol. The molecule has 0 saturated carbocycles. The highest BCUT2D eigenvalue weighted by molar-refractivity contribution is 9.10. The number of nitrogens with zero attached hydrogens (tertiary/aromatic N) is 1. The summed E-state index contributed by atoms with van der Waals surface area (Å²) in [6.45, 7) is 1.80. The second-order valence-electron chi connectivity index (χ2n) is 8.00. The van der Waals surface area contributed by atoms with Crippen LogP contribution in [0.3, 0.4) is 0 Å². The van der Waals surface area contributed by atoms with Gasteiger partial charge in [0.15, 0.2) is 5.13 Å². The van der Waals surface area contributed by atoms with Gasteiger partial charge in [-0.3, -0.25) is 14.4 Å². The highest BCUT2D eigenvalue weighted by Gasteiger charge is 2.18. The van der Waals surface area contributed by atoms with Crippen LogP contribution in [0.25, 0.3) is 6.08 Å². The molecule has 0 saturated heterocycles. The molecule has 0 radical (unpaired) electrons. The highest BCUT2D eigenvalue weighted by atomic mass is 79.9. The lowest BCUT2D eigenvalue weighted by Crippen LogP contribution is -2.30. The van der Waals surface area contributed by atoms with Gasteiger partial charge < -0.3 is 16.0 Å². The largest absolute Gasteiger partial charge is 0.321 e. The lowest BCUT2D eigenvalue weighted by molar-refractivity contribution is -0.115. The molecule has 0 bridgehead atoms. The molecule has 1 atom stereocenters. The first-order chi connectivity index (χ1) is 18.4. The molecule has 4 rings (SSSR count). The van der Waals surface area contributed by atoms with Crippen molar-refractivity contribution in [2.75, 3.05) is 10.6 Å². The molecule has 0 aliphatic heterocycles. The van der Waals surface area contributed by atoms with E-state index >= 15 is 0 Å². The number of benzene rings is 3. The number of thiazole rings is 1. The number of aromatic nitrogens is 1. The van der Waals surface area contributed by atoms with Crippen LogP contribution in [0.5, 0.6) is 0 Å². The molecule has 1 aromatic heterocycles. The molecular formula is C28H23BrN4O3S2. The number of rotatable bonds is 9. The topological polar surface area (TPSA) is 100 Å². The van der Waals surface area contributed by atoms with Crippen LogP contribution in [-0.2, 0) is 9.59 Å². The highest BCUT2D eigenvalue weighted by Crippen LogP contribution is 2.27. The standard InChI is InChI=1S/C28H23BrN4O3S2/c1-18(25(34)33-28-30-14-15-37-28)38-23-9-5-8-22(17-23)31-27(36)24(16-19-10-12-21(29)13-11-19)32-26(35)20-6-3-2-4-7-20/h2-18H,1H3,(H,31,36)(H,32,35)(H,30,33,34)/b24-16-. The fourth-order valence-electron chi connectivity index (χ4n) is 3.26. The van der Waals surface area contributed by atoms with Crippen molar-refractivity contribution in [3.05, 3.63) is 112 Å². The Morgan fingerprint density at radius 2 is 1.74 bits per heavy atom. The van der Waals surface area contributed by atoms with E-state index in [2.05, 4.69) is 36.9 Å². The molecule has 4 aromatic rings. The van der Waals surface area contributed by atoms with Crippen LogP contribution >= 0.6 is 39.0 Å². The number of thioether (sulfide) groups is 1. The Labute approximate surface area is 236 Å². The van der Waals surface area contributed by atoms with Crippen molar-refractivity contribution in [2.24, 2.45) is 0 Å². The van der Waals surface area contributed by atoms with Gasteiger partial charge in [0.2, 0.25) is 5.91 Å². The van der Waals surface area contributed by atoms with E-state index in [4.69, 9.17) is 0 Å². The van der Waals surface area contributed by atoms with E-state index in [0.717, 1.165) is 14.9 Å². The Morgan fingerprint density at radius 3 is 2.45 bits per heavy atom. The first-order valence-corrected chi connectivity index (χ1v) is 14.0. The summed E-state index contributed by atoms with van der Waals surface area (Å²) in [7, 11) is 0. The SMILES string of the molecule is CC(Sc1cccc(NC(=O)/C(=C/c2ccc(Br)cc2)NC(=O)c2ccccc2)c1)C(=O)Nc1nccs1. The van der Waals surface area contributed by atoms with Gasteiger partial charge in [0.1, 0.15) is 5.70 Å². The molecule has 38 heavy (non-hydrogen) atoms. The van der Waals surface area contributed by atoms with Crippen molar-refractivity contribution in [2.45, 2.75) is 17.1 Å². The summed E-state index contributed by atoms with van der Waals surface area (Å²) in [4.78, 5) is 43.5. The van der Waals surface area contributed by atoms with E-state index < -0.39 is 11.8 Å². The summed E-state index contributed by atoms with van der Waals surface area (Å²) in [6.07, 6.45) is 3.25. The second kappa shape index (κ2) is 13.2. The third-order valence-corrected chi connectivity index (χ3v) is 7.46. The summed E-state index contributed by atoms with van der Waals surface area (Å²) < 4.78 is 0.901. The number of nitrogens with one attached hydrogen (secondary N) is 3. The van der Waals surface area contributed by atoms with Crippen LogP contribution in [0.15, 0.2) is 106 Å². The lowest BCUT2D eigenvalue weighted by atomic mass is 10.1. The molecule has 192 valence electrons. The number of carbonyl (C=O) groups is 3. The fraction of sp³-hybridized carbons (Fsp3) is 0.0714. The molecule has 0 aliphatic carbocycles. The van der Waals surface area contributed by atoms with E-state index in [9.17, 15) is 14.4 Å². The minimum absolute atomic E-state index is 0.0930. The Bertz CT molecular complexity index is 1440. The average Bonchev–Trinajstić information content (AvgIpc) is 3.43. The summed E-state index contributed by atoms with van der Waals surface area (Å²) in [6, 6.07) is 23.3. The minimum atomic E-state index is -0.478.